The van der Waals surface area contributed by atoms with Gasteiger partial charge in [0.15, 0.2) is 0 Å². The third-order valence-corrected chi connectivity index (χ3v) is 2.95. The van der Waals surface area contributed by atoms with E-state index in [2.05, 4.69) is 16.3 Å². The van der Waals surface area contributed by atoms with Crippen molar-refractivity contribution in [2.75, 3.05) is 5.73 Å². The molecule has 18 heavy (non-hydrogen) atoms. The zero-order valence-corrected chi connectivity index (χ0v) is 10.9. The normalized spacial score (nSPS) is 10.3. The van der Waals surface area contributed by atoms with Crippen molar-refractivity contribution in [3.63, 3.8) is 0 Å². The Morgan fingerprint density at radius 1 is 1.39 bits per heavy atom. The van der Waals surface area contributed by atoms with Gasteiger partial charge in [0.05, 0.1) is 11.7 Å². The highest BCUT2D eigenvalue weighted by atomic mass is 32.1. The van der Waals surface area contributed by atoms with E-state index in [1.165, 1.54) is 11.3 Å². The van der Waals surface area contributed by atoms with E-state index >= 15 is 0 Å². The molecule has 5 nitrogen and oxygen atoms in total. The van der Waals surface area contributed by atoms with Crippen LogP contribution in [0.1, 0.15) is 19.4 Å². The number of hydrogen-bond acceptors (Lipinski definition) is 6. The SMILES string of the molecule is CC(C)Oc1ccc(-c2nnc(N)s2)cc1C#N. The second-order valence-electron chi connectivity index (χ2n) is 3.93. The maximum atomic E-state index is 9.12. The summed E-state index contributed by atoms with van der Waals surface area (Å²) in [7, 11) is 0. The molecular weight excluding hydrogens is 248 g/mol. The molecule has 1 heterocycles. The number of nitrogens with two attached hydrogens (primary N) is 1. The lowest BCUT2D eigenvalue weighted by atomic mass is 10.1. The number of ether oxygens (including phenoxy) is 1. The van der Waals surface area contributed by atoms with Crippen molar-refractivity contribution in [2.24, 2.45) is 0 Å². The van der Waals surface area contributed by atoms with E-state index in [1.807, 2.05) is 19.9 Å². The maximum absolute atomic E-state index is 9.12. The highest BCUT2D eigenvalue weighted by Gasteiger charge is 2.10. The molecule has 2 rings (SSSR count). The predicted octanol–water partition coefficient (Wildman–Crippen LogP) is 2.45. The number of nitriles is 1. The van der Waals surface area contributed by atoms with Gasteiger partial charge in [-0.25, -0.2) is 0 Å². The molecular formula is C12H12N4OS. The fourth-order valence-corrected chi connectivity index (χ4v) is 2.06. The Hall–Kier alpha value is -2.13. The van der Waals surface area contributed by atoms with Crippen LogP contribution in [0.2, 0.25) is 0 Å². The Balaban J connectivity index is 2.39. The third-order valence-electron chi connectivity index (χ3n) is 2.15. The van der Waals surface area contributed by atoms with Gasteiger partial charge in [-0.2, -0.15) is 5.26 Å². The number of benzene rings is 1. The summed E-state index contributed by atoms with van der Waals surface area (Å²) in [6.45, 7) is 3.83. The van der Waals surface area contributed by atoms with Gasteiger partial charge >= 0.3 is 0 Å². The fraction of sp³-hybridized carbons (Fsp3) is 0.250. The van der Waals surface area contributed by atoms with Crippen molar-refractivity contribution in [1.82, 2.24) is 10.2 Å². The Bertz CT molecular complexity index is 600. The second-order valence-corrected chi connectivity index (χ2v) is 4.94. The minimum absolute atomic E-state index is 0.0279. The molecule has 2 aromatic rings. The van der Waals surface area contributed by atoms with Crippen LogP contribution in [0.4, 0.5) is 5.13 Å². The zero-order chi connectivity index (χ0) is 13.1. The first-order valence-corrected chi connectivity index (χ1v) is 6.22. The summed E-state index contributed by atoms with van der Waals surface area (Å²) < 4.78 is 5.55. The number of rotatable bonds is 3. The minimum atomic E-state index is 0.0279. The number of hydrogen-bond donors (Lipinski definition) is 1. The summed E-state index contributed by atoms with van der Waals surface area (Å²) in [5.41, 5.74) is 6.84. The minimum Gasteiger partial charge on any atom is -0.490 e. The molecule has 0 saturated carbocycles. The van der Waals surface area contributed by atoms with Crippen molar-refractivity contribution in [2.45, 2.75) is 20.0 Å². The van der Waals surface area contributed by atoms with Gasteiger partial charge in [-0.15, -0.1) is 10.2 Å². The standard InChI is InChI=1S/C12H12N4OS/c1-7(2)17-10-4-3-8(5-9(10)6-13)11-15-16-12(14)18-11/h3-5,7H,1-2H3,(H2,14,16). The molecule has 0 aliphatic carbocycles. The van der Waals surface area contributed by atoms with Crippen LogP contribution < -0.4 is 10.5 Å². The van der Waals surface area contributed by atoms with Crippen LogP contribution in [0.25, 0.3) is 10.6 Å². The molecule has 0 unspecified atom stereocenters. The predicted molar refractivity (Wildman–Crippen MR) is 70.2 cm³/mol. The molecule has 0 bridgehead atoms. The summed E-state index contributed by atoms with van der Waals surface area (Å²) in [6, 6.07) is 7.47. The van der Waals surface area contributed by atoms with Crippen LogP contribution in [-0.4, -0.2) is 16.3 Å². The van der Waals surface area contributed by atoms with Gasteiger partial charge in [-0.05, 0) is 32.0 Å². The van der Waals surface area contributed by atoms with Crippen LogP contribution in [0.15, 0.2) is 18.2 Å². The average Bonchev–Trinajstić information content (AvgIpc) is 2.75. The van der Waals surface area contributed by atoms with Gasteiger partial charge in [0.25, 0.3) is 0 Å². The van der Waals surface area contributed by atoms with Gasteiger partial charge in [0, 0.05) is 5.56 Å². The Kier molecular flexibility index (Phi) is 3.44. The van der Waals surface area contributed by atoms with Gasteiger partial charge in [-0.1, -0.05) is 11.3 Å². The van der Waals surface area contributed by atoms with Gasteiger partial charge < -0.3 is 10.5 Å². The van der Waals surface area contributed by atoms with Crippen LogP contribution in [0.3, 0.4) is 0 Å². The summed E-state index contributed by atoms with van der Waals surface area (Å²) in [4.78, 5) is 0. The topological polar surface area (TPSA) is 84.8 Å². The first kappa shape index (κ1) is 12.3. The average molecular weight is 260 g/mol. The van der Waals surface area contributed by atoms with Gasteiger partial charge in [0.2, 0.25) is 5.13 Å². The summed E-state index contributed by atoms with van der Waals surface area (Å²) in [5.74, 6) is 0.578. The lowest BCUT2D eigenvalue weighted by Gasteiger charge is -2.11. The quantitative estimate of drug-likeness (QED) is 0.916. The molecule has 2 N–H and O–H groups in total. The molecule has 0 aliphatic heterocycles. The number of anilines is 1. The van der Waals surface area contributed by atoms with Gasteiger partial charge in [-0.3, -0.25) is 0 Å². The van der Waals surface area contributed by atoms with E-state index in [4.69, 9.17) is 15.7 Å². The fourth-order valence-electron chi connectivity index (χ4n) is 1.46. The van der Waals surface area contributed by atoms with Crippen molar-refractivity contribution >= 4 is 16.5 Å². The molecule has 6 heteroatoms. The van der Waals surface area contributed by atoms with Crippen LogP contribution in [-0.2, 0) is 0 Å². The Labute approximate surface area is 109 Å². The van der Waals surface area contributed by atoms with Crippen molar-refractivity contribution in [3.8, 4) is 22.4 Å². The molecule has 1 aromatic heterocycles. The summed E-state index contributed by atoms with van der Waals surface area (Å²) in [6.07, 6.45) is 0.0279. The molecule has 0 radical (unpaired) electrons. The van der Waals surface area contributed by atoms with E-state index in [0.29, 0.717) is 21.5 Å². The van der Waals surface area contributed by atoms with E-state index in [0.717, 1.165) is 5.56 Å². The van der Waals surface area contributed by atoms with Crippen LogP contribution in [0.5, 0.6) is 5.75 Å². The monoisotopic (exact) mass is 260 g/mol. The van der Waals surface area contributed by atoms with Crippen LogP contribution >= 0.6 is 11.3 Å². The molecule has 0 fully saturated rings. The smallest absolute Gasteiger partial charge is 0.203 e. The van der Waals surface area contributed by atoms with Crippen molar-refractivity contribution < 1.29 is 4.74 Å². The number of aromatic nitrogens is 2. The second kappa shape index (κ2) is 5.02. The first-order chi connectivity index (χ1) is 8.60. The van der Waals surface area contributed by atoms with E-state index in [-0.39, 0.29) is 6.10 Å². The van der Waals surface area contributed by atoms with Crippen molar-refractivity contribution in [1.29, 1.82) is 5.26 Å². The molecule has 92 valence electrons. The third kappa shape index (κ3) is 2.57. The maximum Gasteiger partial charge on any atom is 0.203 e. The van der Waals surface area contributed by atoms with E-state index in [1.54, 1.807) is 12.1 Å². The summed E-state index contributed by atoms with van der Waals surface area (Å²) >= 11 is 1.29. The molecule has 0 atom stereocenters. The number of nitrogen functional groups attached to an aromatic ring is 1. The number of nitrogens with zero attached hydrogens (tertiary/aromatic N) is 3. The van der Waals surface area contributed by atoms with Gasteiger partial charge in [0.1, 0.15) is 16.8 Å². The molecule has 1 aromatic carbocycles. The van der Waals surface area contributed by atoms with E-state index < -0.39 is 0 Å². The zero-order valence-electron chi connectivity index (χ0n) is 10.0. The highest BCUT2D eigenvalue weighted by molar-refractivity contribution is 7.18. The first-order valence-electron chi connectivity index (χ1n) is 5.40. The molecule has 0 aliphatic rings. The Morgan fingerprint density at radius 3 is 2.72 bits per heavy atom. The Morgan fingerprint density at radius 2 is 2.17 bits per heavy atom. The molecule has 0 amide bonds. The largest absolute Gasteiger partial charge is 0.490 e. The van der Waals surface area contributed by atoms with E-state index in [9.17, 15) is 0 Å². The molecule has 0 spiro atoms. The summed E-state index contributed by atoms with van der Waals surface area (Å²) in [5, 5.41) is 17.9. The lowest BCUT2D eigenvalue weighted by molar-refractivity contribution is 0.242. The van der Waals surface area contributed by atoms with Crippen LogP contribution in [0, 0.1) is 11.3 Å². The lowest BCUT2D eigenvalue weighted by Crippen LogP contribution is -2.06. The highest BCUT2D eigenvalue weighted by Crippen LogP contribution is 2.29. The van der Waals surface area contributed by atoms with Crippen molar-refractivity contribution in [3.05, 3.63) is 23.8 Å². The molecule has 0 saturated heterocycles.